The molecule has 0 aliphatic carbocycles. The maximum atomic E-state index is 13.0. The molecule has 1 amide bonds. The fraction of sp³-hybridized carbons (Fsp3) is 0.316. The minimum absolute atomic E-state index is 0.131. The first-order valence-corrected chi connectivity index (χ1v) is 8.58. The predicted octanol–water partition coefficient (Wildman–Crippen LogP) is 1.88. The van der Waals surface area contributed by atoms with Crippen molar-refractivity contribution in [1.82, 2.24) is 15.3 Å². The van der Waals surface area contributed by atoms with Crippen molar-refractivity contribution < 1.29 is 9.18 Å². The highest BCUT2D eigenvalue weighted by Gasteiger charge is 2.19. The monoisotopic (exact) mass is 355 g/mol. The van der Waals surface area contributed by atoms with E-state index < -0.39 is 0 Å². The average Bonchev–Trinajstić information content (AvgIpc) is 2.68. The molecule has 3 rings (SSSR count). The van der Waals surface area contributed by atoms with Gasteiger partial charge in [-0.15, -0.1) is 0 Å². The van der Waals surface area contributed by atoms with Crippen molar-refractivity contribution in [2.75, 3.05) is 37.6 Å². The Kier molecular flexibility index (Phi) is 5.91. The summed E-state index contributed by atoms with van der Waals surface area (Å²) >= 11 is 0. The number of hydrogen-bond donors (Lipinski definition) is 1. The first kappa shape index (κ1) is 18.0. The number of pyridine rings is 1. The van der Waals surface area contributed by atoms with Crippen LogP contribution in [0.25, 0.3) is 0 Å². The number of halogens is 1. The van der Waals surface area contributed by atoms with Crippen LogP contribution in [0.5, 0.6) is 0 Å². The van der Waals surface area contributed by atoms with Gasteiger partial charge < -0.3 is 4.90 Å². The number of anilines is 1. The lowest BCUT2D eigenvalue weighted by molar-refractivity contribution is -0.122. The van der Waals surface area contributed by atoms with Gasteiger partial charge in [0, 0.05) is 49.8 Å². The Labute approximate surface area is 152 Å². The molecule has 1 aromatic carbocycles. The quantitative estimate of drug-likeness (QED) is 0.657. The highest BCUT2D eigenvalue weighted by atomic mass is 19.1. The normalized spacial score (nSPS) is 15.8. The standard InChI is InChI=1S/C19H22FN5O/c1-15(16-6-8-21-9-7-16)22-23-19(26)14-24-10-12-25(13-11-24)18-4-2-17(20)3-5-18/h2-9H,10-14H2,1H3,(H,23,26)/b22-15+. The van der Waals surface area contributed by atoms with Gasteiger partial charge in [-0.05, 0) is 43.3 Å². The third-order valence-corrected chi connectivity index (χ3v) is 4.38. The Morgan fingerprint density at radius 3 is 2.42 bits per heavy atom. The number of benzene rings is 1. The van der Waals surface area contributed by atoms with E-state index in [-0.39, 0.29) is 11.7 Å². The van der Waals surface area contributed by atoms with Crippen molar-refractivity contribution in [2.24, 2.45) is 5.10 Å². The fourth-order valence-electron chi connectivity index (χ4n) is 2.86. The van der Waals surface area contributed by atoms with E-state index in [1.807, 2.05) is 19.1 Å². The maximum absolute atomic E-state index is 13.0. The van der Waals surface area contributed by atoms with Gasteiger partial charge >= 0.3 is 0 Å². The van der Waals surface area contributed by atoms with Crippen LogP contribution >= 0.6 is 0 Å². The number of aromatic nitrogens is 1. The Balaban J connectivity index is 1.45. The third-order valence-electron chi connectivity index (χ3n) is 4.38. The van der Waals surface area contributed by atoms with E-state index in [1.54, 1.807) is 24.5 Å². The number of nitrogens with zero attached hydrogens (tertiary/aromatic N) is 4. The summed E-state index contributed by atoms with van der Waals surface area (Å²) in [5.41, 5.74) is 5.28. The molecule has 7 heteroatoms. The summed E-state index contributed by atoms with van der Waals surface area (Å²) in [6, 6.07) is 10.2. The molecular formula is C19H22FN5O. The minimum atomic E-state index is -0.230. The van der Waals surface area contributed by atoms with Crippen LogP contribution in [0.4, 0.5) is 10.1 Å². The first-order valence-electron chi connectivity index (χ1n) is 8.58. The molecule has 1 saturated heterocycles. The number of rotatable bonds is 5. The summed E-state index contributed by atoms with van der Waals surface area (Å²) in [4.78, 5) is 20.4. The van der Waals surface area contributed by atoms with Gasteiger partial charge in [0.25, 0.3) is 5.91 Å². The Hall–Kier alpha value is -2.80. The topological polar surface area (TPSA) is 60.8 Å². The predicted molar refractivity (Wildman–Crippen MR) is 99.6 cm³/mol. The SMILES string of the molecule is C/C(=N\NC(=O)CN1CCN(c2ccc(F)cc2)CC1)c1ccncc1. The zero-order valence-electron chi connectivity index (χ0n) is 14.7. The van der Waals surface area contributed by atoms with Crippen molar-refractivity contribution in [3.63, 3.8) is 0 Å². The van der Waals surface area contributed by atoms with Crippen molar-refractivity contribution in [3.8, 4) is 0 Å². The number of carbonyl (C=O) groups is 1. The number of amides is 1. The molecule has 1 fully saturated rings. The number of piperazine rings is 1. The van der Waals surface area contributed by atoms with Gasteiger partial charge in [0.2, 0.25) is 0 Å². The van der Waals surface area contributed by atoms with Crippen LogP contribution in [0, 0.1) is 5.82 Å². The number of carbonyl (C=O) groups excluding carboxylic acids is 1. The van der Waals surface area contributed by atoms with Crippen LogP contribution in [0.1, 0.15) is 12.5 Å². The first-order chi connectivity index (χ1) is 12.6. The van der Waals surface area contributed by atoms with Gasteiger partial charge in [-0.1, -0.05) is 0 Å². The van der Waals surface area contributed by atoms with Gasteiger partial charge in [-0.2, -0.15) is 5.10 Å². The highest BCUT2D eigenvalue weighted by Crippen LogP contribution is 2.16. The van der Waals surface area contributed by atoms with E-state index in [2.05, 4.69) is 25.3 Å². The number of nitrogens with one attached hydrogen (secondary N) is 1. The molecule has 1 aromatic heterocycles. The zero-order valence-corrected chi connectivity index (χ0v) is 14.7. The van der Waals surface area contributed by atoms with Crippen molar-refractivity contribution in [3.05, 3.63) is 60.2 Å². The van der Waals surface area contributed by atoms with Gasteiger partial charge in [0.05, 0.1) is 12.3 Å². The van der Waals surface area contributed by atoms with Gasteiger partial charge in [0.15, 0.2) is 0 Å². The largest absolute Gasteiger partial charge is 0.369 e. The molecule has 2 heterocycles. The maximum Gasteiger partial charge on any atom is 0.254 e. The zero-order chi connectivity index (χ0) is 18.4. The minimum Gasteiger partial charge on any atom is -0.369 e. The van der Waals surface area contributed by atoms with Gasteiger partial charge in [-0.3, -0.25) is 14.7 Å². The molecule has 26 heavy (non-hydrogen) atoms. The molecular weight excluding hydrogens is 333 g/mol. The lowest BCUT2D eigenvalue weighted by Gasteiger charge is -2.35. The van der Waals surface area contributed by atoms with Gasteiger partial charge in [-0.25, -0.2) is 9.82 Å². The van der Waals surface area contributed by atoms with Crippen LogP contribution < -0.4 is 10.3 Å². The van der Waals surface area contributed by atoms with E-state index in [4.69, 9.17) is 0 Å². The molecule has 0 atom stereocenters. The molecule has 0 bridgehead atoms. The summed E-state index contributed by atoms with van der Waals surface area (Å²) in [7, 11) is 0. The summed E-state index contributed by atoms with van der Waals surface area (Å²) in [6.07, 6.45) is 3.38. The molecule has 1 aliphatic heterocycles. The lowest BCUT2D eigenvalue weighted by atomic mass is 10.2. The lowest BCUT2D eigenvalue weighted by Crippen LogP contribution is -2.49. The second kappa shape index (κ2) is 8.53. The highest BCUT2D eigenvalue weighted by molar-refractivity contribution is 5.99. The van der Waals surface area contributed by atoms with Crippen LogP contribution in [-0.2, 0) is 4.79 Å². The fourth-order valence-corrected chi connectivity index (χ4v) is 2.86. The molecule has 1 N–H and O–H groups in total. The summed E-state index contributed by atoms with van der Waals surface area (Å²) in [5.74, 6) is -0.361. The van der Waals surface area contributed by atoms with E-state index in [0.29, 0.717) is 6.54 Å². The second-order valence-corrected chi connectivity index (χ2v) is 6.21. The molecule has 0 unspecified atom stereocenters. The van der Waals surface area contributed by atoms with Crippen LogP contribution in [0.2, 0.25) is 0 Å². The van der Waals surface area contributed by atoms with E-state index in [9.17, 15) is 9.18 Å². The number of hydrogen-bond acceptors (Lipinski definition) is 5. The molecule has 0 radical (unpaired) electrons. The molecule has 0 saturated carbocycles. The smallest absolute Gasteiger partial charge is 0.254 e. The van der Waals surface area contributed by atoms with E-state index in [1.165, 1.54) is 12.1 Å². The summed E-state index contributed by atoms with van der Waals surface area (Å²) < 4.78 is 13.0. The van der Waals surface area contributed by atoms with Crippen LogP contribution in [-0.4, -0.2) is 54.2 Å². The van der Waals surface area contributed by atoms with Crippen molar-refractivity contribution >= 4 is 17.3 Å². The summed E-state index contributed by atoms with van der Waals surface area (Å²) in [6.45, 7) is 5.31. The van der Waals surface area contributed by atoms with Crippen LogP contribution in [0.15, 0.2) is 53.9 Å². The summed E-state index contributed by atoms with van der Waals surface area (Å²) in [5, 5.41) is 4.15. The van der Waals surface area contributed by atoms with E-state index in [0.717, 1.165) is 43.1 Å². The molecule has 0 spiro atoms. The molecule has 6 nitrogen and oxygen atoms in total. The Bertz CT molecular complexity index is 755. The third kappa shape index (κ3) is 4.86. The Morgan fingerprint density at radius 1 is 1.12 bits per heavy atom. The molecule has 136 valence electrons. The second-order valence-electron chi connectivity index (χ2n) is 6.21. The molecule has 2 aromatic rings. The van der Waals surface area contributed by atoms with Crippen LogP contribution in [0.3, 0.4) is 0 Å². The average molecular weight is 355 g/mol. The molecule has 1 aliphatic rings. The number of hydrazone groups is 1. The van der Waals surface area contributed by atoms with Gasteiger partial charge in [0.1, 0.15) is 5.82 Å². The van der Waals surface area contributed by atoms with Crippen molar-refractivity contribution in [1.29, 1.82) is 0 Å². The Morgan fingerprint density at radius 2 is 1.77 bits per heavy atom. The van der Waals surface area contributed by atoms with E-state index >= 15 is 0 Å². The van der Waals surface area contributed by atoms with Crippen molar-refractivity contribution in [2.45, 2.75) is 6.92 Å².